The Morgan fingerprint density at radius 1 is 1.10 bits per heavy atom. The van der Waals surface area contributed by atoms with Crippen molar-refractivity contribution in [2.75, 3.05) is 0 Å². The third-order valence-electron chi connectivity index (χ3n) is 3.35. The topological polar surface area (TPSA) is 41.8 Å². The summed E-state index contributed by atoms with van der Waals surface area (Å²) in [5.41, 5.74) is 4.41. The average Bonchev–Trinajstić information content (AvgIpc) is 2.89. The van der Waals surface area contributed by atoms with Crippen LogP contribution in [0.25, 0.3) is 6.08 Å². The fourth-order valence-electron chi connectivity index (χ4n) is 2.39. The van der Waals surface area contributed by atoms with E-state index in [0.29, 0.717) is 6.61 Å². The Bertz CT molecular complexity index is 660. The second kappa shape index (κ2) is 5.61. The first-order chi connectivity index (χ1) is 9.86. The Balaban J connectivity index is 1.76. The molecule has 0 saturated heterocycles. The summed E-state index contributed by atoms with van der Waals surface area (Å²) < 4.78 is 5.92. The van der Waals surface area contributed by atoms with Crippen LogP contribution in [0.5, 0.6) is 5.75 Å². The van der Waals surface area contributed by atoms with Gasteiger partial charge < -0.3 is 9.94 Å². The Kier molecular flexibility index (Phi) is 3.50. The van der Waals surface area contributed by atoms with Crippen molar-refractivity contribution >= 4 is 12.3 Å². The summed E-state index contributed by atoms with van der Waals surface area (Å²) >= 11 is 0. The minimum absolute atomic E-state index is 0.556. The third-order valence-corrected chi connectivity index (χ3v) is 3.35. The van der Waals surface area contributed by atoms with Gasteiger partial charge >= 0.3 is 0 Å². The van der Waals surface area contributed by atoms with Gasteiger partial charge in [-0.3, -0.25) is 0 Å². The van der Waals surface area contributed by atoms with Gasteiger partial charge in [0.25, 0.3) is 0 Å². The van der Waals surface area contributed by atoms with Gasteiger partial charge in [0, 0.05) is 12.0 Å². The number of nitrogens with zero attached hydrogens (tertiary/aromatic N) is 1. The molecule has 3 rings (SSSR count). The highest BCUT2D eigenvalue weighted by Gasteiger charge is 2.16. The Morgan fingerprint density at radius 2 is 1.95 bits per heavy atom. The molecule has 2 aromatic carbocycles. The number of ether oxygens (including phenoxy) is 1. The Labute approximate surface area is 117 Å². The molecule has 0 bridgehead atoms. The zero-order valence-electron chi connectivity index (χ0n) is 11.0. The van der Waals surface area contributed by atoms with E-state index in [2.05, 4.69) is 5.16 Å². The molecule has 0 atom stereocenters. The van der Waals surface area contributed by atoms with Crippen LogP contribution in [-0.2, 0) is 13.0 Å². The van der Waals surface area contributed by atoms with E-state index in [1.807, 2.05) is 54.6 Å². The van der Waals surface area contributed by atoms with E-state index in [1.165, 1.54) is 6.21 Å². The lowest BCUT2D eigenvalue weighted by atomic mass is 10.1. The molecule has 0 fully saturated rings. The van der Waals surface area contributed by atoms with Crippen molar-refractivity contribution in [2.24, 2.45) is 5.16 Å². The van der Waals surface area contributed by atoms with Crippen molar-refractivity contribution in [3.63, 3.8) is 0 Å². The van der Waals surface area contributed by atoms with Gasteiger partial charge in [-0.1, -0.05) is 47.6 Å². The maximum Gasteiger partial charge on any atom is 0.123 e. The summed E-state index contributed by atoms with van der Waals surface area (Å²) in [6.45, 7) is 0.556. The Morgan fingerprint density at radius 3 is 2.75 bits per heavy atom. The molecule has 1 aliphatic rings. The van der Waals surface area contributed by atoms with Crippen molar-refractivity contribution in [2.45, 2.75) is 13.0 Å². The minimum Gasteiger partial charge on any atom is -0.489 e. The first kappa shape index (κ1) is 12.5. The molecular weight excluding hydrogens is 250 g/mol. The zero-order chi connectivity index (χ0) is 13.8. The number of hydrogen-bond acceptors (Lipinski definition) is 3. The van der Waals surface area contributed by atoms with Gasteiger partial charge in [-0.15, -0.1) is 0 Å². The molecule has 100 valence electrons. The molecule has 2 aromatic rings. The SMILES string of the molecule is O/N=C/C1=Cc2cccc(OCc3ccccc3)c2C1. The lowest BCUT2D eigenvalue weighted by Crippen LogP contribution is -1.99. The van der Waals surface area contributed by atoms with Crippen LogP contribution in [-0.4, -0.2) is 11.4 Å². The molecule has 3 nitrogen and oxygen atoms in total. The van der Waals surface area contributed by atoms with E-state index in [9.17, 15) is 0 Å². The quantitative estimate of drug-likeness (QED) is 0.520. The molecule has 0 radical (unpaired) electrons. The van der Waals surface area contributed by atoms with Crippen molar-refractivity contribution in [1.29, 1.82) is 0 Å². The highest BCUT2D eigenvalue weighted by atomic mass is 16.5. The number of fused-ring (bicyclic) bond motifs is 1. The van der Waals surface area contributed by atoms with Gasteiger partial charge in [0.2, 0.25) is 0 Å². The van der Waals surface area contributed by atoms with E-state index < -0.39 is 0 Å². The molecule has 3 heteroatoms. The average molecular weight is 265 g/mol. The number of hydrogen-bond donors (Lipinski definition) is 1. The molecule has 0 amide bonds. The largest absolute Gasteiger partial charge is 0.489 e. The summed E-state index contributed by atoms with van der Waals surface area (Å²) in [7, 11) is 0. The monoisotopic (exact) mass is 265 g/mol. The summed E-state index contributed by atoms with van der Waals surface area (Å²) in [5.74, 6) is 0.893. The van der Waals surface area contributed by atoms with Crippen LogP contribution in [0.1, 0.15) is 16.7 Å². The van der Waals surface area contributed by atoms with Gasteiger partial charge in [0.1, 0.15) is 12.4 Å². The van der Waals surface area contributed by atoms with Crippen LogP contribution >= 0.6 is 0 Å². The second-order valence-corrected chi connectivity index (χ2v) is 4.74. The molecule has 0 spiro atoms. The lowest BCUT2D eigenvalue weighted by molar-refractivity contribution is 0.303. The van der Waals surface area contributed by atoms with Gasteiger partial charge in [0.05, 0.1) is 6.21 Å². The Hall–Kier alpha value is -2.55. The second-order valence-electron chi connectivity index (χ2n) is 4.74. The van der Waals surface area contributed by atoms with Crippen LogP contribution in [0, 0.1) is 0 Å². The van der Waals surface area contributed by atoms with Crippen LogP contribution in [0.4, 0.5) is 0 Å². The van der Waals surface area contributed by atoms with Crippen LogP contribution in [0.3, 0.4) is 0 Å². The fourth-order valence-corrected chi connectivity index (χ4v) is 2.39. The summed E-state index contributed by atoms with van der Waals surface area (Å²) in [6, 6.07) is 16.1. The molecule has 0 aromatic heterocycles. The van der Waals surface area contributed by atoms with Gasteiger partial charge in [0.15, 0.2) is 0 Å². The predicted molar refractivity (Wildman–Crippen MR) is 79.2 cm³/mol. The molecule has 1 N–H and O–H groups in total. The fraction of sp³-hybridized carbons (Fsp3) is 0.118. The predicted octanol–water partition coefficient (Wildman–Crippen LogP) is 3.67. The van der Waals surface area contributed by atoms with Gasteiger partial charge in [-0.05, 0) is 28.8 Å². The van der Waals surface area contributed by atoms with Crippen LogP contribution in [0.2, 0.25) is 0 Å². The highest BCUT2D eigenvalue weighted by molar-refractivity contribution is 5.89. The maximum absolute atomic E-state index is 8.62. The minimum atomic E-state index is 0.556. The standard InChI is InChI=1S/C17H15NO2/c19-18-11-14-9-15-7-4-8-17(16(15)10-14)20-12-13-5-2-1-3-6-13/h1-9,11,19H,10,12H2/b18-11+. The van der Waals surface area contributed by atoms with Crippen LogP contribution in [0.15, 0.2) is 59.3 Å². The maximum atomic E-state index is 8.62. The van der Waals surface area contributed by atoms with Crippen molar-refractivity contribution in [1.82, 2.24) is 0 Å². The summed E-state index contributed by atoms with van der Waals surface area (Å²) in [4.78, 5) is 0. The number of allylic oxidation sites excluding steroid dienone is 1. The molecule has 0 heterocycles. The molecule has 0 unspecified atom stereocenters. The van der Waals surface area contributed by atoms with Crippen molar-refractivity contribution in [3.05, 3.63) is 70.8 Å². The van der Waals surface area contributed by atoms with Crippen molar-refractivity contribution < 1.29 is 9.94 Å². The highest BCUT2D eigenvalue weighted by Crippen LogP contribution is 2.32. The molecular formula is C17H15NO2. The third kappa shape index (κ3) is 2.57. The zero-order valence-corrected chi connectivity index (χ0v) is 11.0. The molecule has 0 saturated carbocycles. The molecule has 1 aliphatic carbocycles. The van der Waals surface area contributed by atoms with E-state index in [0.717, 1.165) is 34.4 Å². The van der Waals surface area contributed by atoms with E-state index in [1.54, 1.807) is 0 Å². The smallest absolute Gasteiger partial charge is 0.123 e. The first-order valence-corrected chi connectivity index (χ1v) is 6.53. The molecule has 20 heavy (non-hydrogen) atoms. The van der Waals surface area contributed by atoms with Crippen molar-refractivity contribution in [3.8, 4) is 5.75 Å². The number of oxime groups is 1. The first-order valence-electron chi connectivity index (χ1n) is 6.53. The lowest BCUT2D eigenvalue weighted by Gasteiger charge is -2.11. The summed E-state index contributed by atoms with van der Waals surface area (Å²) in [6.07, 6.45) is 4.23. The van der Waals surface area contributed by atoms with E-state index >= 15 is 0 Å². The normalized spacial score (nSPS) is 13.3. The van der Waals surface area contributed by atoms with E-state index in [4.69, 9.17) is 9.94 Å². The summed E-state index contributed by atoms with van der Waals surface area (Å²) in [5, 5.41) is 11.7. The molecule has 0 aliphatic heterocycles. The van der Waals surface area contributed by atoms with Crippen LogP contribution < -0.4 is 4.74 Å². The number of rotatable bonds is 4. The number of benzene rings is 2. The van der Waals surface area contributed by atoms with E-state index in [-0.39, 0.29) is 0 Å². The van der Waals surface area contributed by atoms with Gasteiger partial charge in [-0.25, -0.2) is 0 Å². The van der Waals surface area contributed by atoms with Gasteiger partial charge in [-0.2, -0.15) is 0 Å².